The van der Waals surface area contributed by atoms with Crippen molar-refractivity contribution in [1.29, 1.82) is 0 Å². The van der Waals surface area contributed by atoms with Crippen LogP contribution in [0.4, 0.5) is 5.82 Å². The molecule has 0 atom stereocenters. The van der Waals surface area contributed by atoms with E-state index in [4.69, 9.17) is 0 Å². The SMILES string of the molecule is CSc1ccccc1-c1ccc(NCC2CC2)nc1. The highest BCUT2D eigenvalue weighted by molar-refractivity contribution is 7.98. The summed E-state index contributed by atoms with van der Waals surface area (Å²) in [5, 5.41) is 3.40. The lowest BCUT2D eigenvalue weighted by Gasteiger charge is -2.08. The lowest BCUT2D eigenvalue weighted by atomic mass is 10.1. The summed E-state index contributed by atoms with van der Waals surface area (Å²) in [6.07, 6.45) is 6.81. The first-order valence-electron chi connectivity index (χ1n) is 6.70. The highest BCUT2D eigenvalue weighted by atomic mass is 32.2. The number of benzene rings is 1. The molecule has 2 aromatic rings. The molecule has 1 aromatic heterocycles. The summed E-state index contributed by atoms with van der Waals surface area (Å²) in [5.74, 6) is 1.86. The number of hydrogen-bond donors (Lipinski definition) is 1. The Kier molecular flexibility index (Phi) is 3.74. The van der Waals surface area contributed by atoms with Gasteiger partial charge in [0.15, 0.2) is 0 Å². The molecule has 1 aromatic carbocycles. The first-order valence-corrected chi connectivity index (χ1v) is 7.92. The van der Waals surface area contributed by atoms with E-state index in [-0.39, 0.29) is 0 Å². The number of rotatable bonds is 5. The second kappa shape index (κ2) is 5.66. The van der Waals surface area contributed by atoms with Crippen LogP contribution < -0.4 is 5.32 Å². The Morgan fingerprint density at radius 2 is 2.05 bits per heavy atom. The molecule has 0 bridgehead atoms. The van der Waals surface area contributed by atoms with Gasteiger partial charge in [-0.05, 0) is 48.8 Å². The fourth-order valence-electron chi connectivity index (χ4n) is 2.11. The van der Waals surface area contributed by atoms with Crippen LogP contribution in [0, 0.1) is 5.92 Å². The molecule has 0 unspecified atom stereocenters. The Hall–Kier alpha value is -1.48. The Morgan fingerprint density at radius 3 is 2.74 bits per heavy atom. The molecular formula is C16H18N2S. The van der Waals surface area contributed by atoms with Gasteiger partial charge >= 0.3 is 0 Å². The van der Waals surface area contributed by atoms with E-state index in [1.54, 1.807) is 11.8 Å². The minimum atomic E-state index is 0.874. The van der Waals surface area contributed by atoms with Gasteiger partial charge in [-0.3, -0.25) is 0 Å². The number of pyridine rings is 1. The van der Waals surface area contributed by atoms with Gasteiger partial charge in [-0.25, -0.2) is 4.98 Å². The first kappa shape index (κ1) is 12.5. The van der Waals surface area contributed by atoms with Gasteiger partial charge in [0.25, 0.3) is 0 Å². The Balaban J connectivity index is 1.77. The van der Waals surface area contributed by atoms with E-state index in [2.05, 4.69) is 53.0 Å². The van der Waals surface area contributed by atoms with Crippen LogP contribution in [0.1, 0.15) is 12.8 Å². The predicted octanol–water partition coefficient (Wildman–Crippen LogP) is 4.29. The number of hydrogen-bond acceptors (Lipinski definition) is 3. The van der Waals surface area contributed by atoms with Crippen molar-refractivity contribution in [1.82, 2.24) is 4.98 Å². The number of nitrogens with one attached hydrogen (secondary N) is 1. The molecule has 98 valence electrons. The highest BCUT2D eigenvalue weighted by Crippen LogP contribution is 2.31. The fourth-order valence-corrected chi connectivity index (χ4v) is 2.73. The van der Waals surface area contributed by atoms with Gasteiger partial charge in [0.1, 0.15) is 5.82 Å². The maximum atomic E-state index is 4.51. The van der Waals surface area contributed by atoms with Crippen molar-refractivity contribution in [2.45, 2.75) is 17.7 Å². The maximum absolute atomic E-state index is 4.51. The van der Waals surface area contributed by atoms with Crippen LogP contribution >= 0.6 is 11.8 Å². The van der Waals surface area contributed by atoms with Crippen molar-refractivity contribution in [2.75, 3.05) is 18.1 Å². The van der Waals surface area contributed by atoms with Crippen LogP contribution in [0.3, 0.4) is 0 Å². The summed E-state index contributed by atoms with van der Waals surface area (Å²) >= 11 is 1.77. The molecule has 1 heterocycles. The van der Waals surface area contributed by atoms with E-state index in [1.807, 2.05) is 6.20 Å². The van der Waals surface area contributed by atoms with Crippen molar-refractivity contribution < 1.29 is 0 Å². The van der Waals surface area contributed by atoms with Gasteiger partial charge in [0.05, 0.1) is 0 Å². The van der Waals surface area contributed by atoms with Crippen LogP contribution in [0.2, 0.25) is 0 Å². The van der Waals surface area contributed by atoms with E-state index in [0.29, 0.717) is 0 Å². The number of aromatic nitrogens is 1. The Morgan fingerprint density at radius 1 is 1.21 bits per heavy atom. The first-order chi connectivity index (χ1) is 9.36. The van der Waals surface area contributed by atoms with Crippen molar-refractivity contribution >= 4 is 17.6 Å². The molecule has 1 aliphatic rings. The van der Waals surface area contributed by atoms with Gasteiger partial charge in [0.2, 0.25) is 0 Å². The zero-order valence-corrected chi connectivity index (χ0v) is 11.9. The van der Waals surface area contributed by atoms with Gasteiger partial charge in [0, 0.05) is 23.2 Å². The van der Waals surface area contributed by atoms with Crippen molar-refractivity contribution in [2.24, 2.45) is 5.92 Å². The van der Waals surface area contributed by atoms with Gasteiger partial charge in [-0.1, -0.05) is 18.2 Å². The molecule has 0 spiro atoms. The molecule has 2 nitrogen and oxygen atoms in total. The molecule has 0 radical (unpaired) electrons. The molecule has 1 saturated carbocycles. The molecule has 1 N–H and O–H groups in total. The normalized spacial score (nSPS) is 14.4. The molecule has 0 amide bonds. The summed E-state index contributed by atoms with van der Waals surface area (Å²) < 4.78 is 0. The topological polar surface area (TPSA) is 24.9 Å². The summed E-state index contributed by atoms with van der Waals surface area (Å²) in [6, 6.07) is 12.7. The quantitative estimate of drug-likeness (QED) is 0.820. The lowest BCUT2D eigenvalue weighted by molar-refractivity contribution is 0.883. The van der Waals surface area contributed by atoms with Crippen LogP contribution in [-0.4, -0.2) is 17.8 Å². The van der Waals surface area contributed by atoms with E-state index in [1.165, 1.54) is 28.9 Å². The van der Waals surface area contributed by atoms with E-state index >= 15 is 0 Å². The van der Waals surface area contributed by atoms with E-state index < -0.39 is 0 Å². The fraction of sp³-hybridized carbons (Fsp3) is 0.312. The number of thioether (sulfide) groups is 1. The molecule has 3 heteroatoms. The van der Waals surface area contributed by atoms with Crippen molar-refractivity contribution in [3.63, 3.8) is 0 Å². The standard InChI is InChI=1S/C16H18N2S/c1-19-15-5-3-2-4-14(15)13-8-9-16(18-11-13)17-10-12-6-7-12/h2-5,8-9,11-12H,6-7,10H2,1H3,(H,17,18). The number of anilines is 1. The summed E-state index contributed by atoms with van der Waals surface area (Å²) in [5.41, 5.74) is 2.44. The van der Waals surface area contributed by atoms with Crippen LogP contribution in [0.5, 0.6) is 0 Å². The zero-order valence-electron chi connectivity index (χ0n) is 11.1. The third-order valence-electron chi connectivity index (χ3n) is 3.45. The average Bonchev–Trinajstić information content (AvgIpc) is 3.30. The second-order valence-corrected chi connectivity index (χ2v) is 5.80. The van der Waals surface area contributed by atoms with Crippen molar-refractivity contribution in [3.8, 4) is 11.1 Å². The van der Waals surface area contributed by atoms with Gasteiger partial charge in [-0.15, -0.1) is 11.8 Å². The molecule has 1 fully saturated rings. The lowest BCUT2D eigenvalue weighted by Crippen LogP contribution is -2.04. The van der Waals surface area contributed by atoms with E-state index in [0.717, 1.165) is 18.3 Å². The summed E-state index contributed by atoms with van der Waals surface area (Å²) in [6.45, 7) is 1.06. The van der Waals surface area contributed by atoms with Crippen LogP contribution in [-0.2, 0) is 0 Å². The number of nitrogens with zero attached hydrogens (tertiary/aromatic N) is 1. The third-order valence-corrected chi connectivity index (χ3v) is 4.25. The monoisotopic (exact) mass is 270 g/mol. The third kappa shape index (κ3) is 3.10. The zero-order chi connectivity index (χ0) is 13.1. The molecule has 3 rings (SSSR count). The van der Waals surface area contributed by atoms with Crippen LogP contribution in [0.25, 0.3) is 11.1 Å². The van der Waals surface area contributed by atoms with Gasteiger partial charge in [-0.2, -0.15) is 0 Å². The largest absolute Gasteiger partial charge is 0.370 e. The second-order valence-electron chi connectivity index (χ2n) is 4.96. The Bertz CT molecular complexity index is 547. The summed E-state index contributed by atoms with van der Waals surface area (Å²) in [4.78, 5) is 5.80. The minimum Gasteiger partial charge on any atom is -0.370 e. The van der Waals surface area contributed by atoms with Crippen molar-refractivity contribution in [3.05, 3.63) is 42.6 Å². The molecule has 19 heavy (non-hydrogen) atoms. The maximum Gasteiger partial charge on any atom is 0.125 e. The predicted molar refractivity (Wildman–Crippen MR) is 82.7 cm³/mol. The smallest absolute Gasteiger partial charge is 0.125 e. The summed E-state index contributed by atoms with van der Waals surface area (Å²) in [7, 11) is 0. The molecular weight excluding hydrogens is 252 g/mol. The molecule has 0 aliphatic heterocycles. The Labute approximate surface area is 118 Å². The van der Waals surface area contributed by atoms with Crippen LogP contribution in [0.15, 0.2) is 47.5 Å². The van der Waals surface area contributed by atoms with E-state index in [9.17, 15) is 0 Å². The molecule has 0 saturated heterocycles. The molecule has 1 aliphatic carbocycles. The average molecular weight is 270 g/mol. The van der Waals surface area contributed by atoms with Gasteiger partial charge < -0.3 is 5.32 Å². The minimum absolute atomic E-state index is 0.874. The highest BCUT2D eigenvalue weighted by Gasteiger charge is 2.20.